The van der Waals surface area contributed by atoms with Crippen molar-refractivity contribution in [3.63, 3.8) is 0 Å². The van der Waals surface area contributed by atoms with Crippen molar-refractivity contribution in [1.82, 2.24) is 9.55 Å². The van der Waals surface area contributed by atoms with E-state index in [0.29, 0.717) is 23.1 Å². The molecular weight excluding hydrogens is 416 g/mol. The van der Waals surface area contributed by atoms with Gasteiger partial charge in [-0.25, -0.2) is 9.78 Å². The van der Waals surface area contributed by atoms with Crippen molar-refractivity contribution in [2.24, 2.45) is 0 Å². The van der Waals surface area contributed by atoms with Gasteiger partial charge in [-0.2, -0.15) is 0 Å². The fourth-order valence-corrected chi connectivity index (χ4v) is 5.59. The third-order valence-electron chi connectivity index (χ3n) is 5.25. The first-order valence-corrected chi connectivity index (χ1v) is 11.5. The maximum Gasteiger partial charge on any atom is 0.326 e. The highest BCUT2D eigenvalue weighted by Gasteiger charge is 2.25. The van der Waals surface area contributed by atoms with E-state index < -0.39 is 12.0 Å². The molecule has 4 rings (SSSR count). The van der Waals surface area contributed by atoms with E-state index in [1.54, 1.807) is 11.3 Å². The van der Waals surface area contributed by atoms with Gasteiger partial charge in [0.2, 0.25) is 0 Å². The van der Waals surface area contributed by atoms with Crippen molar-refractivity contribution in [1.29, 1.82) is 0 Å². The molecule has 30 heavy (non-hydrogen) atoms. The zero-order valence-corrected chi connectivity index (χ0v) is 18.4. The Morgan fingerprint density at radius 1 is 1.23 bits per heavy atom. The van der Waals surface area contributed by atoms with Crippen LogP contribution in [0.15, 0.2) is 52.9 Å². The van der Waals surface area contributed by atoms with Gasteiger partial charge >= 0.3 is 5.97 Å². The van der Waals surface area contributed by atoms with Gasteiger partial charge in [-0.1, -0.05) is 42.8 Å². The number of hydrogen-bond donors (Lipinski definition) is 1. The highest BCUT2D eigenvalue weighted by atomic mass is 32.1. The number of benzene rings is 1. The Hall–Kier alpha value is -2.77. The molecule has 7 heteroatoms. The number of carbonyl (C=O) groups is 1. The van der Waals surface area contributed by atoms with Crippen molar-refractivity contribution >= 4 is 38.9 Å². The zero-order valence-electron chi connectivity index (χ0n) is 16.8. The number of aryl methyl sites for hydroxylation is 3. The van der Waals surface area contributed by atoms with Gasteiger partial charge in [-0.3, -0.25) is 9.36 Å². The van der Waals surface area contributed by atoms with Gasteiger partial charge in [0, 0.05) is 15.3 Å². The molecule has 0 spiro atoms. The third-order valence-corrected chi connectivity index (χ3v) is 7.38. The van der Waals surface area contributed by atoms with E-state index in [1.807, 2.05) is 48.7 Å². The molecule has 3 heterocycles. The zero-order chi connectivity index (χ0) is 21.3. The standard InChI is InChI=1S/C23H22N2O3S2/c1-3-17-19(18-5-4-12-29-18)20-21(30-17)24-13-25(22(20)26)16(23(27)28)11-10-15-8-6-14(2)7-9-15/h4-9,12-13,16H,3,10-11H2,1-2H3,(H,27,28). The molecule has 1 N–H and O–H groups in total. The van der Waals surface area contributed by atoms with Gasteiger partial charge in [0.15, 0.2) is 0 Å². The SMILES string of the molecule is CCc1sc2ncn(C(CCc3ccc(C)cc3)C(=O)O)c(=O)c2c1-c1cccs1. The van der Waals surface area contributed by atoms with Crippen LogP contribution in [0.25, 0.3) is 20.7 Å². The molecule has 0 aliphatic carbocycles. The Bertz CT molecular complexity index is 1240. The number of rotatable bonds is 7. The van der Waals surface area contributed by atoms with Crippen molar-refractivity contribution in [2.75, 3.05) is 0 Å². The molecule has 1 atom stereocenters. The summed E-state index contributed by atoms with van der Waals surface area (Å²) in [7, 11) is 0. The lowest BCUT2D eigenvalue weighted by atomic mass is 10.0. The second-order valence-corrected chi connectivity index (χ2v) is 9.28. The minimum Gasteiger partial charge on any atom is -0.480 e. The van der Waals surface area contributed by atoms with E-state index in [0.717, 1.165) is 32.9 Å². The number of carboxylic acid groups (broad SMARTS) is 1. The number of aromatic nitrogens is 2. The highest BCUT2D eigenvalue weighted by Crippen LogP contribution is 2.38. The van der Waals surface area contributed by atoms with Gasteiger partial charge in [0.05, 0.1) is 11.7 Å². The van der Waals surface area contributed by atoms with E-state index >= 15 is 0 Å². The maximum absolute atomic E-state index is 13.4. The fraction of sp³-hybridized carbons (Fsp3) is 0.261. The van der Waals surface area contributed by atoms with Gasteiger partial charge in [0.25, 0.3) is 5.56 Å². The Morgan fingerprint density at radius 2 is 2.00 bits per heavy atom. The van der Waals surface area contributed by atoms with Gasteiger partial charge in [0.1, 0.15) is 10.9 Å². The van der Waals surface area contributed by atoms with Crippen LogP contribution >= 0.6 is 22.7 Å². The predicted octanol–water partition coefficient (Wildman–Crippen LogP) is 5.32. The van der Waals surface area contributed by atoms with E-state index in [1.165, 1.54) is 22.2 Å². The van der Waals surface area contributed by atoms with E-state index in [2.05, 4.69) is 11.9 Å². The summed E-state index contributed by atoms with van der Waals surface area (Å²) in [6, 6.07) is 11.0. The largest absolute Gasteiger partial charge is 0.480 e. The van der Waals surface area contributed by atoms with E-state index in [9.17, 15) is 14.7 Å². The molecule has 3 aromatic heterocycles. The predicted molar refractivity (Wildman–Crippen MR) is 123 cm³/mol. The van der Waals surface area contributed by atoms with Crippen LogP contribution in [0, 0.1) is 6.92 Å². The maximum atomic E-state index is 13.4. The Labute approximate surface area is 182 Å². The van der Waals surface area contributed by atoms with Crippen LogP contribution in [0.2, 0.25) is 0 Å². The summed E-state index contributed by atoms with van der Waals surface area (Å²) in [6.45, 7) is 4.07. The first-order chi connectivity index (χ1) is 14.5. The van der Waals surface area contributed by atoms with Crippen LogP contribution in [-0.2, 0) is 17.6 Å². The summed E-state index contributed by atoms with van der Waals surface area (Å²) in [5, 5.41) is 12.4. The molecule has 4 aromatic rings. The van der Waals surface area contributed by atoms with Gasteiger partial charge in [-0.15, -0.1) is 22.7 Å². The minimum absolute atomic E-state index is 0.282. The average Bonchev–Trinajstić information content (AvgIpc) is 3.38. The number of fused-ring (bicyclic) bond motifs is 1. The van der Waals surface area contributed by atoms with Crippen LogP contribution in [0.3, 0.4) is 0 Å². The highest BCUT2D eigenvalue weighted by molar-refractivity contribution is 7.20. The molecule has 0 aliphatic heterocycles. The van der Waals surface area contributed by atoms with E-state index in [4.69, 9.17) is 0 Å². The lowest BCUT2D eigenvalue weighted by molar-refractivity contribution is -0.141. The summed E-state index contributed by atoms with van der Waals surface area (Å²) < 4.78 is 1.29. The quantitative estimate of drug-likeness (QED) is 0.424. The van der Waals surface area contributed by atoms with Crippen LogP contribution in [0.4, 0.5) is 0 Å². The summed E-state index contributed by atoms with van der Waals surface area (Å²) in [4.78, 5) is 32.8. The third kappa shape index (κ3) is 3.82. The lowest BCUT2D eigenvalue weighted by Gasteiger charge is -2.15. The molecule has 1 aromatic carbocycles. The number of nitrogens with zero attached hydrogens (tertiary/aromatic N) is 2. The Morgan fingerprint density at radius 3 is 2.63 bits per heavy atom. The molecule has 0 radical (unpaired) electrons. The molecule has 0 amide bonds. The normalized spacial score (nSPS) is 12.3. The van der Waals surface area contributed by atoms with Gasteiger partial charge < -0.3 is 5.11 Å². The Balaban J connectivity index is 1.77. The topological polar surface area (TPSA) is 72.2 Å². The van der Waals surface area contributed by atoms with Crippen molar-refractivity contribution in [3.05, 3.63) is 74.5 Å². The summed E-state index contributed by atoms with van der Waals surface area (Å²) in [6.07, 6.45) is 3.09. The van der Waals surface area contributed by atoms with Crippen molar-refractivity contribution in [3.8, 4) is 10.4 Å². The summed E-state index contributed by atoms with van der Waals surface area (Å²) in [5.41, 5.74) is 2.83. The summed E-state index contributed by atoms with van der Waals surface area (Å²) >= 11 is 3.09. The molecule has 0 aliphatic rings. The first kappa shape index (κ1) is 20.5. The lowest BCUT2D eigenvalue weighted by Crippen LogP contribution is -2.30. The number of aliphatic carboxylic acids is 1. The second-order valence-electron chi connectivity index (χ2n) is 7.25. The number of thiophene rings is 2. The molecular formula is C23H22N2O3S2. The van der Waals surface area contributed by atoms with Crippen LogP contribution in [-0.4, -0.2) is 20.6 Å². The summed E-state index contributed by atoms with van der Waals surface area (Å²) in [5.74, 6) is -1.02. The molecule has 0 bridgehead atoms. The smallest absolute Gasteiger partial charge is 0.326 e. The minimum atomic E-state index is -1.02. The molecule has 0 saturated heterocycles. The van der Waals surface area contributed by atoms with Crippen molar-refractivity contribution < 1.29 is 9.90 Å². The molecule has 5 nitrogen and oxygen atoms in total. The molecule has 154 valence electrons. The van der Waals surface area contributed by atoms with Crippen LogP contribution in [0.5, 0.6) is 0 Å². The number of carboxylic acids is 1. The Kier molecular flexibility index (Phi) is 5.83. The number of hydrogen-bond acceptors (Lipinski definition) is 5. The van der Waals surface area contributed by atoms with Crippen molar-refractivity contribution in [2.45, 2.75) is 39.2 Å². The first-order valence-electron chi connectivity index (χ1n) is 9.84. The second kappa shape index (κ2) is 8.53. The fourth-order valence-electron chi connectivity index (χ4n) is 3.64. The van der Waals surface area contributed by atoms with Crippen LogP contribution in [0.1, 0.15) is 35.4 Å². The monoisotopic (exact) mass is 438 g/mol. The van der Waals surface area contributed by atoms with Crippen LogP contribution < -0.4 is 5.56 Å². The molecule has 0 fully saturated rings. The van der Waals surface area contributed by atoms with E-state index in [-0.39, 0.29) is 5.56 Å². The average molecular weight is 439 g/mol. The molecule has 0 saturated carbocycles. The molecule has 1 unspecified atom stereocenters. The van der Waals surface area contributed by atoms with Gasteiger partial charge in [-0.05, 0) is 43.2 Å².